The number of ether oxygens (including phenoxy) is 5. The topological polar surface area (TPSA) is 167 Å². The van der Waals surface area contributed by atoms with Crippen molar-refractivity contribution in [3.8, 4) is 23.6 Å². The third-order valence-corrected chi connectivity index (χ3v) is 7.24. The zero-order valence-corrected chi connectivity index (χ0v) is 27.8. The minimum absolute atomic E-state index is 0.0624. The molecule has 1 aliphatic rings. The van der Waals surface area contributed by atoms with Crippen molar-refractivity contribution in [3.63, 3.8) is 0 Å². The van der Waals surface area contributed by atoms with E-state index in [1.807, 2.05) is 48.5 Å². The van der Waals surface area contributed by atoms with E-state index < -0.39 is 5.97 Å². The molecule has 2 amide bonds. The molecule has 1 aromatic heterocycles. The molecule has 0 atom stereocenters. The van der Waals surface area contributed by atoms with Crippen molar-refractivity contribution in [2.24, 2.45) is 0 Å². The highest BCUT2D eigenvalue weighted by Crippen LogP contribution is 2.26. The van der Waals surface area contributed by atoms with Gasteiger partial charge in [-0.3, -0.25) is 9.59 Å². The molecule has 2 aromatic carbocycles. The first-order valence-corrected chi connectivity index (χ1v) is 16.4. The van der Waals surface area contributed by atoms with Crippen LogP contribution in [0.4, 0.5) is 5.69 Å². The van der Waals surface area contributed by atoms with Gasteiger partial charge in [0, 0.05) is 42.6 Å². The van der Waals surface area contributed by atoms with Crippen LogP contribution in [0.1, 0.15) is 36.0 Å². The van der Waals surface area contributed by atoms with Crippen molar-refractivity contribution in [1.82, 2.24) is 10.0 Å². The summed E-state index contributed by atoms with van der Waals surface area (Å²) >= 11 is 0. The summed E-state index contributed by atoms with van der Waals surface area (Å²) in [5, 5.41) is 21.7. The first kappa shape index (κ1) is 37.9. The van der Waals surface area contributed by atoms with Gasteiger partial charge in [-0.05, 0) is 23.8 Å². The maximum atomic E-state index is 13.2. The number of benzene rings is 2. The molecule has 0 unspecified atom stereocenters. The predicted octanol–water partition coefficient (Wildman–Crippen LogP) is 2.17. The lowest BCUT2D eigenvalue weighted by Crippen LogP contribution is -2.35. The van der Waals surface area contributed by atoms with Crippen LogP contribution in [0.5, 0.6) is 11.8 Å². The largest absolute Gasteiger partial charge is 0.492 e. The van der Waals surface area contributed by atoms with Gasteiger partial charge in [-0.2, -0.15) is 0 Å². The molecule has 14 nitrogen and oxygen atoms in total. The highest BCUT2D eigenvalue weighted by atomic mass is 16.7. The number of nitrogens with one attached hydrogen (secondary N) is 1. The van der Waals surface area contributed by atoms with Crippen molar-refractivity contribution in [2.75, 3.05) is 77.5 Å². The quantitative estimate of drug-likeness (QED) is 0.104. The summed E-state index contributed by atoms with van der Waals surface area (Å²) in [4.78, 5) is 43.8. The maximum absolute atomic E-state index is 13.2. The standard InChI is InChI=1S/C36H43N3O11/c40-32(37-16-13-33(41)38-27-30-7-2-1-5-28(30)9-10-29-6-3-4-8-31(29)38)14-17-45-19-21-47-23-25-49-26-24-48-22-20-46-18-15-36(44)50-39-34(42)11-12-35(39)43/h1-8,11-12,42-43H,13-27H2,(H,37,40). The van der Waals surface area contributed by atoms with Crippen molar-refractivity contribution >= 4 is 23.5 Å². The molecule has 0 radical (unpaired) electrons. The van der Waals surface area contributed by atoms with Crippen molar-refractivity contribution < 1.29 is 53.1 Å². The average molecular weight is 694 g/mol. The second kappa shape index (κ2) is 21.2. The van der Waals surface area contributed by atoms with Crippen LogP contribution in [-0.2, 0) is 44.6 Å². The average Bonchev–Trinajstić information content (AvgIpc) is 3.42. The molecule has 0 saturated heterocycles. The number of hydrogen-bond donors (Lipinski definition) is 3. The summed E-state index contributed by atoms with van der Waals surface area (Å²) < 4.78 is 27.7. The first-order chi connectivity index (χ1) is 24.4. The van der Waals surface area contributed by atoms with Crippen LogP contribution < -0.4 is 15.1 Å². The van der Waals surface area contributed by atoms with Gasteiger partial charge in [-0.25, -0.2) is 4.79 Å². The number of carbonyl (C=O) groups is 3. The molecular weight excluding hydrogens is 650 g/mol. The second-order valence-corrected chi connectivity index (χ2v) is 10.9. The Kier molecular flexibility index (Phi) is 16.1. The highest BCUT2D eigenvalue weighted by Gasteiger charge is 2.21. The number of rotatable bonds is 22. The van der Waals surface area contributed by atoms with Gasteiger partial charge in [0.2, 0.25) is 23.6 Å². The number of nitrogens with zero attached hydrogens (tertiary/aromatic N) is 2. The van der Waals surface area contributed by atoms with Gasteiger partial charge < -0.3 is 49.0 Å². The molecule has 14 heteroatoms. The normalized spacial score (nSPS) is 11.8. The summed E-state index contributed by atoms with van der Waals surface area (Å²) in [6.07, 6.45) is 0.270. The minimum Gasteiger partial charge on any atom is -0.492 e. The zero-order chi connectivity index (χ0) is 35.4. The number of aromatic nitrogens is 1. The molecule has 0 spiro atoms. The predicted molar refractivity (Wildman–Crippen MR) is 180 cm³/mol. The molecule has 0 bridgehead atoms. The second-order valence-electron chi connectivity index (χ2n) is 10.9. The molecule has 4 rings (SSSR count). The van der Waals surface area contributed by atoms with Gasteiger partial charge in [0.15, 0.2) is 0 Å². The molecule has 2 heterocycles. The molecule has 50 heavy (non-hydrogen) atoms. The molecule has 3 aromatic rings. The van der Waals surface area contributed by atoms with E-state index in [4.69, 9.17) is 28.5 Å². The van der Waals surface area contributed by atoms with Crippen LogP contribution in [-0.4, -0.2) is 105 Å². The smallest absolute Gasteiger partial charge is 0.335 e. The molecule has 3 N–H and O–H groups in total. The monoisotopic (exact) mass is 693 g/mol. The Morgan fingerprint density at radius 3 is 1.80 bits per heavy atom. The fourth-order valence-electron chi connectivity index (χ4n) is 4.68. The SMILES string of the molecule is O=C(CCOCCOCCOCCOCCOCCC(=O)On1c(O)ccc1O)NCCC(=O)N1Cc2ccccc2C#Cc2ccccc21. The Morgan fingerprint density at radius 1 is 0.640 bits per heavy atom. The highest BCUT2D eigenvalue weighted by molar-refractivity contribution is 5.95. The Hall–Kier alpha value is -4.91. The fourth-order valence-corrected chi connectivity index (χ4v) is 4.68. The number of carbonyl (C=O) groups excluding carboxylic acids is 3. The van der Waals surface area contributed by atoms with E-state index in [2.05, 4.69) is 17.2 Å². The number of para-hydroxylation sites is 1. The summed E-state index contributed by atoms with van der Waals surface area (Å²) in [6.45, 7) is 3.78. The lowest BCUT2D eigenvalue weighted by atomic mass is 10.0. The molecule has 1 aliphatic heterocycles. The van der Waals surface area contributed by atoms with Gasteiger partial charge in [0.05, 0.1) is 84.7 Å². The minimum atomic E-state index is -0.672. The molecule has 0 fully saturated rings. The molecule has 0 aliphatic carbocycles. The molecular formula is C36H43N3O11. The van der Waals surface area contributed by atoms with E-state index >= 15 is 0 Å². The van der Waals surface area contributed by atoms with Gasteiger partial charge in [-0.1, -0.05) is 42.2 Å². The van der Waals surface area contributed by atoms with Gasteiger partial charge in [0.1, 0.15) is 0 Å². The van der Waals surface area contributed by atoms with Crippen molar-refractivity contribution in [2.45, 2.75) is 25.8 Å². The van der Waals surface area contributed by atoms with E-state index in [1.165, 1.54) is 12.1 Å². The third-order valence-electron chi connectivity index (χ3n) is 7.24. The fraction of sp³-hybridized carbons (Fsp3) is 0.417. The van der Waals surface area contributed by atoms with Gasteiger partial charge in [0.25, 0.3) is 0 Å². The van der Waals surface area contributed by atoms with E-state index in [1.54, 1.807) is 4.90 Å². The van der Waals surface area contributed by atoms with Crippen molar-refractivity contribution in [1.29, 1.82) is 0 Å². The lowest BCUT2D eigenvalue weighted by Gasteiger charge is -2.26. The van der Waals surface area contributed by atoms with Gasteiger partial charge in [-0.15, -0.1) is 4.73 Å². The summed E-state index contributed by atoms with van der Waals surface area (Å²) in [7, 11) is 0. The Labute approximate surface area is 290 Å². The van der Waals surface area contributed by atoms with E-state index in [0.29, 0.717) is 57.5 Å². The molecule has 268 valence electrons. The Morgan fingerprint density at radius 2 is 1.16 bits per heavy atom. The summed E-state index contributed by atoms with van der Waals surface area (Å²) in [5.74, 6) is 4.65. The Balaban J connectivity index is 0.933. The molecule has 0 saturated carbocycles. The van der Waals surface area contributed by atoms with Gasteiger partial charge >= 0.3 is 5.97 Å². The number of aromatic hydroxyl groups is 2. The summed E-state index contributed by atoms with van der Waals surface area (Å²) in [5.41, 5.74) is 3.42. The zero-order valence-electron chi connectivity index (χ0n) is 27.8. The van der Waals surface area contributed by atoms with E-state index in [9.17, 15) is 24.6 Å². The summed E-state index contributed by atoms with van der Waals surface area (Å²) in [6, 6.07) is 17.8. The van der Waals surface area contributed by atoms with E-state index in [0.717, 1.165) is 22.4 Å². The Bertz CT molecular complexity index is 1580. The van der Waals surface area contributed by atoms with Crippen molar-refractivity contribution in [3.05, 3.63) is 77.4 Å². The van der Waals surface area contributed by atoms with Crippen LogP contribution in [0.2, 0.25) is 0 Å². The van der Waals surface area contributed by atoms with Crippen LogP contribution >= 0.6 is 0 Å². The van der Waals surface area contributed by atoms with Crippen LogP contribution in [0, 0.1) is 11.8 Å². The number of amides is 2. The van der Waals surface area contributed by atoms with Crippen LogP contribution in [0.25, 0.3) is 0 Å². The lowest BCUT2D eigenvalue weighted by molar-refractivity contribution is -0.146. The van der Waals surface area contributed by atoms with Crippen LogP contribution in [0.3, 0.4) is 0 Å². The third kappa shape index (κ3) is 12.8. The van der Waals surface area contributed by atoms with Crippen LogP contribution in [0.15, 0.2) is 60.7 Å². The number of hydrogen-bond acceptors (Lipinski definition) is 11. The number of anilines is 1. The maximum Gasteiger partial charge on any atom is 0.335 e. The van der Waals surface area contributed by atoms with E-state index in [-0.39, 0.29) is 69.2 Å². The number of fused-ring (bicyclic) bond motifs is 2. The first-order valence-electron chi connectivity index (χ1n) is 16.4.